The van der Waals surface area contributed by atoms with Crippen molar-refractivity contribution in [2.24, 2.45) is 0 Å². The fourth-order valence-electron chi connectivity index (χ4n) is 1.67. The number of aromatic nitrogens is 1. The van der Waals surface area contributed by atoms with Crippen LogP contribution in [0.3, 0.4) is 0 Å². The molecule has 1 aromatic heterocycles. The van der Waals surface area contributed by atoms with E-state index >= 15 is 0 Å². The summed E-state index contributed by atoms with van der Waals surface area (Å²) in [6, 6.07) is 12.0. The average Bonchev–Trinajstić information content (AvgIpc) is 2.39. The lowest BCUT2D eigenvalue weighted by atomic mass is 10.1. The Kier molecular flexibility index (Phi) is 4.13. The third-order valence-electron chi connectivity index (χ3n) is 2.68. The summed E-state index contributed by atoms with van der Waals surface area (Å²) >= 11 is 0. The van der Waals surface area contributed by atoms with Crippen LogP contribution < -0.4 is 10.6 Å². The van der Waals surface area contributed by atoms with Gasteiger partial charge in [0.15, 0.2) is 0 Å². The van der Waals surface area contributed by atoms with E-state index in [1.165, 1.54) is 18.1 Å². The van der Waals surface area contributed by atoms with E-state index in [1.807, 2.05) is 12.1 Å². The molecule has 0 spiro atoms. The van der Waals surface area contributed by atoms with E-state index in [9.17, 15) is 4.79 Å². The first-order valence-electron chi connectivity index (χ1n) is 6.16. The third-order valence-corrected chi connectivity index (χ3v) is 2.68. The van der Waals surface area contributed by atoms with Crippen molar-refractivity contribution >= 4 is 17.4 Å². The van der Waals surface area contributed by atoms with Crippen LogP contribution in [0.1, 0.15) is 18.1 Å². The minimum Gasteiger partial charge on any atom is -0.366 e. The molecule has 0 unspecified atom stereocenters. The first-order valence-corrected chi connectivity index (χ1v) is 6.16. The highest BCUT2D eigenvalue weighted by molar-refractivity contribution is 5.88. The van der Waals surface area contributed by atoms with Gasteiger partial charge in [0.2, 0.25) is 5.91 Å². The van der Waals surface area contributed by atoms with E-state index in [0.717, 1.165) is 12.4 Å². The standard InChI is InChI=1S/C15H17N3O/c1-11-3-5-13(6-4-11)9-16-15-8-7-14(10-17-15)18-12(2)19/h3-8,10H,9H2,1-2H3,(H,16,17)(H,18,19). The summed E-state index contributed by atoms with van der Waals surface area (Å²) in [6.45, 7) is 4.27. The molecule has 0 aliphatic carbocycles. The van der Waals surface area contributed by atoms with E-state index < -0.39 is 0 Å². The van der Waals surface area contributed by atoms with Gasteiger partial charge in [-0.15, -0.1) is 0 Å². The van der Waals surface area contributed by atoms with Gasteiger partial charge in [-0.1, -0.05) is 29.8 Å². The van der Waals surface area contributed by atoms with Crippen LogP contribution in [0, 0.1) is 6.92 Å². The maximum atomic E-state index is 10.9. The van der Waals surface area contributed by atoms with Gasteiger partial charge in [-0.3, -0.25) is 4.79 Å². The zero-order valence-corrected chi connectivity index (χ0v) is 11.1. The number of nitrogens with one attached hydrogen (secondary N) is 2. The molecule has 0 aliphatic heterocycles. The number of nitrogens with zero attached hydrogens (tertiary/aromatic N) is 1. The molecule has 1 aromatic carbocycles. The van der Waals surface area contributed by atoms with Crippen LogP contribution in [0.5, 0.6) is 0 Å². The largest absolute Gasteiger partial charge is 0.366 e. The molecule has 1 heterocycles. The predicted octanol–water partition coefficient (Wildman–Crippen LogP) is 2.96. The molecule has 1 amide bonds. The second-order valence-corrected chi connectivity index (χ2v) is 4.45. The molecule has 0 saturated heterocycles. The number of rotatable bonds is 4. The lowest BCUT2D eigenvalue weighted by molar-refractivity contribution is -0.114. The maximum absolute atomic E-state index is 10.9. The maximum Gasteiger partial charge on any atom is 0.221 e. The van der Waals surface area contributed by atoms with Gasteiger partial charge in [-0.25, -0.2) is 4.98 Å². The van der Waals surface area contributed by atoms with Crippen LogP contribution in [-0.2, 0) is 11.3 Å². The summed E-state index contributed by atoms with van der Waals surface area (Å²) in [5.74, 6) is 0.692. The number of pyridine rings is 1. The minimum absolute atomic E-state index is 0.0952. The molecule has 19 heavy (non-hydrogen) atoms. The lowest BCUT2D eigenvalue weighted by Gasteiger charge is -2.07. The monoisotopic (exact) mass is 255 g/mol. The zero-order valence-electron chi connectivity index (χ0n) is 11.1. The van der Waals surface area contributed by atoms with Gasteiger partial charge < -0.3 is 10.6 Å². The van der Waals surface area contributed by atoms with E-state index in [2.05, 4.69) is 46.8 Å². The Balaban J connectivity index is 1.92. The van der Waals surface area contributed by atoms with Crippen LogP contribution in [0.2, 0.25) is 0 Å². The van der Waals surface area contributed by atoms with E-state index in [-0.39, 0.29) is 5.91 Å². The number of amides is 1. The van der Waals surface area contributed by atoms with Crippen molar-refractivity contribution in [1.29, 1.82) is 0 Å². The molecule has 4 nitrogen and oxygen atoms in total. The van der Waals surface area contributed by atoms with Gasteiger partial charge in [-0.2, -0.15) is 0 Å². The topological polar surface area (TPSA) is 54.0 Å². The smallest absolute Gasteiger partial charge is 0.221 e. The van der Waals surface area contributed by atoms with Crippen molar-refractivity contribution in [2.45, 2.75) is 20.4 Å². The minimum atomic E-state index is -0.0952. The summed E-state index contributed by atoms with van der Waals surface area (Å²) in [5, 5.41) is 5.92. The number of hydrogen-bond donors (Lipinski definition) is 2. The van der Waals surface area contributed by atoms with E-state index in [0.29, 0.717) is 5.69 Å². The third kappa shape index (κ3) is 4.10. The van der Waals surface area contributed by atoms with Gasteiger partial charge in [0.05, 0.1) is 11.9 Å². The average molecular weight is 255 g/mol. The molecule has 0 aliphatic rings. The highest BCUT2D eigenvalue weighted by Gasteiger charge is 1.98. The van der Waals surface area contributed by atoms with E-state index in [1.54, 1.807) is 6.20 Å². The fourth-order valence-corrected chi connectivity index (χ4v) is 1.67. The van der Waals surface area contributed by atoms with Crippen molar-refractivity contribution in [1.82, 2.24) is 4.98 Å². The van der Waals surface area contributed by atoms with Gasteiger partial charge in [0, 0.05) is 13.5 Å². The van der Waals surface area contributed by atoms with Crippen molar-refractivity contribution < 1.29 is 4.79 Å². The Bertz CT molecular complexity index is 547. The van der Waals surface area contributed by atoms with Crippen molar-refractivity contribution in [3.8, 4) is 0 Å². The number of anilines is 2. The Hall–Kier alpha value is -2.36. The van der Waals surface area contributed by atoms with Crippen LogP contribution in [0.25, 0.3) is 0 Å². The zero-order chi connectivity index (χ0) is 13.7. The first kappa shape index (κ1) is 13.1. The van der Waals surface area contributed by atoms with Gasteiger partial charge in [0.1, 0.15) is 5.82 Å². The molecule has 4 heteroatoms. The molecule has 0 atom stereocenters. The second kappa shape index (κ2) is 6.00. The Morgan fingerprint density at radius 1 is 1.16 bits per heavy atom. The summed E-state index contributed by atoms with van der Waals surface area (Å²) < 4.78 is 0. The number of carbonyl (C=O) groups is 1. The molecular weight excluding hydrogens is 238 g/mol. The summed E-state index contributed by atoms with van der Waals surface area (Å²) in [5.41, 5.74) is 3.16. The number of hydrogen-bond acceptors (Lipinski definition) is 3. The summed E-state index contributed by atoms with van der Waals surface area (Å²) in [7, 11) is 0. The van der Waals surface area contributed by atoms with Crippen molar-refractivity contribution in [3.05, 3.63) is 53.7 Å². The molecule has 0 saturated carbocycles. The Morgan fingerprint density at radius 3 is 2.47 bits per heavy atom. The van der Waals surface area contributed by atoms with Gasteiger partial charge >= 0.3 is 0 Å². The van der Waals surface area contributed by atoms with Crippen molar-refractivity contribution in [2.75, 3.05) is 10.6 Å². The number of aryl methyl sites for hydroxylation is 1. The van der Waals surface area contributed by atoms with Crippen molar-refractivity contribution in [3.63, 3.8) is 0 Å². The molecule has 0 radical (unpaired) electrons. The van der Waals surface area contributed by atoms with Crippen LogP contribution in [0.4, 0.5) is 11.5 Å². The van der Waals surface area contributed by atoms with Gasteiger partial charge in [-0.05, 0) is 24.6 Å². The normalized spacial score (nSPS) is 10.0. The fraction of sp³-hybridized carbons (Fsp3) is 0.200. The molecule has 0 fully saturated rings. The van der Waals surface area contributed by atoms with Crippen LogP contribution in [0.15, 0.2) is 42.6 Å². The molecular formula is C15H17N3O. The Labute approximate surface area is 112 Å². The first-order chi connectivity index (χ1) is 9.13. The Morgan fingerprint density at radius 2 is 1.89 bits per heavy atom. The molecule has 2 N–H and O–H groups in total. The summed E-state index contributed by atoms with van der Waals surface area (Å²) in [6.07, 6.45) is 1.64. The SMILES string of the molecule is CC(=O)Nc1ccc(NCc2ccc(C)cc2)nc1. The number of benzene rings is 1. The molecule has 98 valence electrons. The quantitative estimate of drug-likeness (QED) is 0.883. The van der Waals surface area contributed by atoms with E-state index in [4.69, 9.17) is 0 Å². The molecule has 2 rings (SSSR count). The highest BCUT2D eigenvalue weighted by atomic mass is 16.1. The highest BCUT2D eigenvalue weighted by Crippen LogP contribution is 2.11. The second-order valence-electron chi connectivity index (χ2n) is 4.45. The summed E-state index contributed by atoms with van der Waals surface area (Å²) in [4.78, 5) is 15.1. The predicted molar refractivity (Wildman–Crippen MR) is 77.0 cm³/mol. The lowest BCUT2D eigenvalue weighted by Crippen LogP contribution is -2.06. The molecule has 2 aromatic rings. The van der Waals surface area contributed by atoms with Gasteiger partial charge in [0.25, 0.3) is 0 Å². The van der Waals surface area contributed by atoms with Crippen LogP contribution >= 0.6 is 0 Å². The van der Waals surface area contributed by atoms with Crippen LogP contribution in [-0.4, -0.2) is 10.9 Å². The number of carbonyl (C=O) groups excluding carboxylic acids is 1. The molecule has 0 bridgehead atoms.